The molecule has 1 unspecified atom stereocenters. The van der Waals surface area contributed by atoms with Gasteiger partial charge in [-0.25, -0.2) is 13.1 Å². The third-order valence-corrected chi connectivity index (χ3v) is 5.29. The van der Waals surface area contributed by atoms with Gasteiger partial charge in [0.15, 0.2) is 0 Å². The zero-order valence-corrected chi connectivity index (χ0v) is 14.4. The summed E-state index contributed by atoms with van der Waals surface area (Å²) >= 11 is 0. The maximum atomic E-state index is 12.4. The standard InChI is InChI=1S/C18H21NO3S/c1-4-17(15-8-6-5-7-9-15)18(20)19-23(21,22)16-11-10-13(2)14(3)12-16/h5-12,17H,4H2,1-3H3,(H,19,20). The molecule has 0 bridgehead atoms. The van der Waals surface area contributed by atoms with E-state index in [1.165, 1.54) is 6.07 Å². The first-order chi connectivity index (χ1) is 10.8. The molecule has 2 aromatic rings. The highest BCUT2D eigenvalue weighted by Crippen LogP contribution is 2.21. The first-order valence-corrected chi connectivity index (χ1v) is 9.02. The zero-order valence-electron chi connectivity index (χ0n) is 13.5. The lowest BCUT2D eigenvalue weighted by molar-refractivity contribution is -0.120. The van der Waals surface area contributed by atoms with Crippen LogP contribution in [-0.4, -0.2) is 14.3 Å². The monoisotopic (exact) mass is 331 g/mol. The third kappa shape index (κ3) is 3.99. The zero-order chi connectivity index (χ0) is 17.0. The molecular formula is C18H21NO3S. The number of hydrogen-bond acceptors (Lipinski definition) is 3. The Hall–Kier alpha value is -2.14. The van der Waals surface area contributed by atoms with Gasteiger partial charge in [-0.1, -0.05) is 43.3 Å². The van der Waals surface area contributed by atoms with Crippen molar-refractivity contribution < 1.29 is 13.2 Å². The van der Waals surface area contributed by atoms with Crippen LogP contribution in [0.15, 0.2) is 53.4 Å². The van der Waals surface area contributed by atoms with E-state index in [4.69, 9.17) is 0 Å². The van der Waals surface area contributed by atoms with E-state index >= 15 is 0 Å². The summed E-state index contributed by atoms with van der Waals surface area (Å²) in [6, 6.07) is 14.0. The van der Waals surface area contributed by atoms with E-state index in [-0.39, 0.29) is 4.90 Å². The number of nitrogens with one attached hydrogen (secondary N) is 1. The minimum Gasteiger partial charge on any atom is -0.273 e. The van der Waals surface area contributed by atoms with Crippen LogP contribution in [0.1, 0.15) is 36.0 Å². The van der Waals surface area contributed by atoms with Crippen LogP contribution >= 0.6 is 0 Å². The summed E-state index contributed by atoms with van der Waals surface area (Å²) in [6.45, 7) is 5.61. The van der Waals surface area contributed by atoms with E-state index in [1.807, 2.05) is 51.1 Å². The molecule has 1 amide bonds. The molecule has 5 heteroatoms. The Labute approximate surface area is 137 Å². The molecule has 0 aliphatic carbocycles. The Kier molecular flexibility index (Phi) is 5.21. The molecule has 0 heterocycles. The Bertz CT molecular complexity index is 798. The van der Waals surface area contributed by atoms with Crippen molar-refractivity contribution >= 4 is 15.9 Å². The summed E-state index contributed by atoms with van der Waals surface area (Å²) < 4.78 is 27.1. The summed E-state index contributed by atoms with van der Waals surface area (Å²) in [4.78, 5) is 12.5. The minimum absolute atomic E-state index is 0.108. The second-order valence-electron chi connectivity index (χ2n) is 5.59. The maximum absolute atomic E-state index is 12.4. The smallest absolute Gasteiger partial charge is 0.264 e. The highest BCUT2D eigenvalue weighted by molar-refractivity contribution is 7.90. The molecule has 23 heavy (non-hydrogen) atoms. The number of hydrogen-bond donors (Lipinski definition) is 1. The number of sulfonamides is 1. The molecule has 2 rings (SSSR count). The van der Waals surface area contributed by atoms with E-state index in [0.717, 1.165) is 16.7 Å². The number of benzene rings is 2. The van der Waals surface area contributed by atoms with Crippen LogP contribution in [-0.2, 0) is 14.8 Å². The fraction of sp³-hybridized carbons (Fsp3) is 0.278. The largest absolute Gasteiger partial charge is 0.273 e. The van der Waals surface area contributed by atoms with Crippen LogP contribution in [0.3, 0.4) is 0 Å². The molecule has 0 aromatic heterocycles. The lowest BCUT2D eigenvalue weighted by Gasteiger charge is -2.16. The number of aryl methyl sites for hydroxylation is 2. The van der Waals surface area contributed by atoms with Gasteiger partial charge in [-0.15, -0.1) is 0 Å². The van der Waals surface area contributed by atoms with E-state index in [0.29, 0.717) is 6.42 Å². The van der Waals surface area contributed by atoms with Crippen LogP contribution in [0.4, 0.5) is 0 Å². The van der Waals surface area contributed by atoms with Gasteiger partial charge in [0.1, 0.15) is 0 Å². The summed E-state index contributed by atoms with van der Waals surface area (Å²) in [5.41, 5.74) is 2.68. The molecule has 0 aliphatic rings. The van der Waals surface area contributed by atoms with Crippen molar-refractivity contribution in [2.45, 2.75) is 38.0 Å². The third-order valence-electron chi connectivity index (χ3n) is 3.95. The van der Waals surface area contributed by atoms with Crippen molar-refractivity contribution in [2.24, 2.45) is 0 Å². The van der Waals surface area contributed by atoms with Crippen LogP contribution in [0, 0.1) is 13.8 Å². The van der Waals surface area contributed by atoms with Gasteiger partial charge in [-0.3, -0.25) is 4.79 Å². The summed E-state index contributed by atoms with van der Waals surface area (Å²) in [5, 5.41) is 0. The molecule has 0 aliphatic heterocycles. The van der Waals surface area contributed by atoms with Crippen molar-refractivity contribution in [1.82, 2.24) is 4.72 Å². The van der Waals surface area contributed by atoms with Gasteiger partial charge < -0.3 is 0 Å². The average molecular weight is 331 g/mol. The van der Waals surface area contributed by atoms with E-state index in [1.54, 1.807) is 12.1 Å². The Morgan fingerprint density at radius 3 is 2.26 bits per heavy atom. The second-order valence-corrected chi connectivity index (χ2v) is 7.27. The van der Waals surface area contributed by atoms with Gasteiger partial charge in [0.25, 0.3) is 10.0 Å². The van der Waals surface area contributed by atoms with E-state index in [2.05, 4.69) is 4.72 Å². The van der Waals surface area contributed by atoms with Crippen LogP contribution in [0.5, 0.6) is 0 Å². The van der Waals surface area contributed by atoms with Gasteiger partial charge in [0.05, 0.1) is 10.8 Å². The molecule has 0 radical (unpaired) electrons. The lowest BCUT2D eigenvalue weighted by atomic mass is 9.96. The SMILES string of the molecule is CCC(C(=O)NS(=O)(=O)c1ccc(C)c(C)c1)c1ccccc1. The molecule has 2 aromatic carbocycles. The topological polar surface area (TPSA) is 63.2 Å². The predicted molar refractivity (Wildman–Crippen MR) is 90.7 cm³/mol. The van der Waals surface area contributed by atoms with Crippen molar-refractivity contribution in [2.75, 3.05) is 0 Å². The minimum atomic E-state index is -3.86. The molecule has 0 saturated heterocycles. The highest BCUT2D eigenvalue weighted by Gasteiger charge is 2.24. The number of carbonyl (C=O) groups is 1. The average Bonchev–Trinajstić information content (AvgIpc) is 2.51. The van der Waals surface area contributed by atoms with E-state index in [9.17, 15) is 13.2 Å². The number of rotatable bonds is 5. The first-order valence-electron chi connectivity index (χ1n) is 7.54. The Morgan fingerprint density at radius 1 is 1.04 bits per heavy atom. The molecule has 0 spiro atoms. The van der Waals surface area contributed by atoms with Crippen LogP contribution < -0.4 is 4.72 Å². The van der Waals surface area contributed by atoms with Crippen molar-refractivity contribution in [3.05, 3.63) is 65.2 Å². The first kappa shape index (κ1) is 17.2. The van der Waals surface area contributed by atoms with Crippen molar-refractivity contribution in [1.29, 1.82) is 0 Å². The van der Waals surface area contributed by atoms with Gasteiger partial charge in [-0.2, -0.15) is 0 Å². The van der Waals surface area contributed by atoms with Crippen molar-refractivity contribution in [3.8, 4) is 0 Å². The molecule has 0 saturated carbocycles. The maximum Gasteiger partial charge on any atom is 0.264 e. The summed E-state index contributed by atoms with van der Waals surface area (Å²) in [6.07, 6.45) is 0.526. The highest BCUT2D eigenvalue weighted by atomic mass is 32.2. The quantitative estimate of drug-likeness (QED) is 0.914. The van der Waals surface area contributed by atoms with Gasteiger partial charge in [0, 0.05) is 0 Å². The summed E-state index contributed by atoms with van der Waals surface area (Å²) in [5.74, 6) is -0.991. The Balaban J connectivity index is 2.25. The van der Waals surface area contributed by atoms with Crippen molar-refractivity contribution in [3.63, 3.8) is 0 Å². The molecule has 122 valence electrons. The fourth-order valence-electron chi connectivity index (χ4n) is 2.40. The van der Waals surface area contributed by atoms with Gasteiger partial charge >= 0.3 is 0 Å². The molecule has 4 nitrogen and oxygen atoms in total. The number of amides is 1. The van der Waals surface area contributed by atoms with Crippen LogP contribution in [0.25, 0.3) is 0 Å². The Morgan fingerprint density at radius 2 is 1.70 bits per heavy atom. The van der Waals surface area contributed by atoms with Crippen LogP contribution in [0.2, 0.25) is 0 Å². The summed E-state index contributed by atoms with van der Waals surface area (Å²) in [7, 11) is -3.86. The van der Waals surface area contributed by atoms with E-state index < -0.39 is 21.8 Å². The normalized spacial score (nSPS) is 12.7. The molecule has 1 N–H and O–H groups in total. The molecule has 0 fully saturated rings. The predicted octanol–water partition coefficient (Wildman–Crippen LogP) is 3.30. The molecular weight excluding hydrogens is 310 g/mol. The fourth-order valence-corrected chi connectivity index (χ4v) is 3.51. The lowest BCUT2D eigenvalue weighted by Crippen LogP contribution is -2.34. The van der Waals surface area contributed by atoms with Gasteiger partial charge in [0.2, 0.25) is 5.91 Å². The second kappa shape index (κ2) is 6.96. The molecule has 1 atom stereocenters. The number of carbonyl (C=O) groups excluding carboxylic acids is 1. The van der Waals surface area contributed by atoms with Gasteiger partial charge in [-0.05, 0) is 49.1 Å².